The maximum absolute atomic E-state index is 5.64. The first kappa shape index (κ1) is 13.7. The third kappa shape index (κ3) is 2.79. The van der Waals surface area contributed by atoms with Crippen molar-refractivity contribution in [3.05, 3.63) is 35.5 Å². The molecule has 2 aromatic heterocycles. The van der Waals surface area contributed by atoms with Crippen molar-refractivity contribution in [3.8, 4) is 0 Å². The molecule has 0 spiro atoms. The summed E-state index contributed by atoms with van der Waals surface area (Å²) in [7, 11) is 0. The van der Waals surface area contributed by atoms with E-state index in [1.54, 1.807) is 6.20 Å². The molecule has 1 aliphatic rings. The lowest BCUT2D eigenvalue weighted by molar-refractivity contribution is 0.507. The third-order valence-corrected chi connectivity index (χ3v) is 3.81. The van der Waals surface area contributed by atoms with Crippen LogP contribution in [0, 0.1) is 0 Å². The van der Waals surface area contributed by atoms with Crippen LogP contribution < -0.4 is 10.6 Å². The van der Waals surface area contributed by atoms with Gasteiger partial charge in [0.05, 0.1) is 5.69 Å². The fraction of sp³-hybridized carbons (Fsp3) is 0.467. The first-order chi connectivity index (χ1) is 10.2. The summed E-state index contributed by atoms with van der Waals surface area (Å²) in [5.41, 5.74) is 7.76. The lowest BCUT2D eigenvalue weighted by atomic mass is 9.96. The third-order valence-electron chi connectivity index (χ3n) is 3.81. The summed E-state index contributed by atoms with van der Waals surface area (Å²) < 4.78 is 0. The highest BCUT2D eigenvalue weighted by atomic mass is 15.3. The molecule has 110 valence electrons. The molecule has 2 N–H and O–H groups in total. The molecule has 0 bridgehead atoms. The van der Waals surface area contributed by atoms with Gasteiger partial charge in [0.15, 0.2) is 0 Å². The number of rotatable bonds is 4. The number of hydrogen-bond donors (Lipinski definition) is 1. The Bertz CT molecular complexity index is 614. The lowest BCUT2D eigenvalue weighted by Crippen LogP contribution is -2.46. The van der Waals surface area contributed by atoms with Gasteiger partial charge in [-0.3, -0.25) is 0 Å². The molecule has 0 aliphatic carbocycles. The molecule has 1 saturated heterocycles. The summed E-state index contributed by atoms with van der Waals surface area (Å²) >= 11 is 0. The molecule has 6 nitrogen and oxygen atoms in total. The normalized spacial score (nSPS) is 15.0. The van der Waals surface area contributed by atoms with Gasteiger partial charge in [-0.25, -0.2) is 19.9 Å². The molecule has 1 fully saturated rings. The summed E-state index contributed by atoms with van der Waals surface area (Å²) in [5, 5.41) is 0. The highest BCUT2D eigenvalue weighted by Gasteiger charge is 2.30. The molecule has 0 saturated carbocycles. The van der Waals surface area contributed by atoms with Gasteiger partial charge >= 0.3 is 0 Å². The SMILES string of the molecule is CCc1cc(N2CC(c3ccnc(N)n3)C2)nc(CC)n1. The number of nitrogens with two attached hydrogens (primary N) is 1. The minimum atomic E-state index is 0.342. The monoisotopic (exact) mass is 284 g/mol. The number of anilines is 2. The zero-order valence-corrected chi connectivity index (χ0v) is 12.5. The highest BCUT2D eigenvalue weighted by molar-refractivity contribution is 5.45. The molecular formula is C15H20N6. The number of hydrogen-bond acceptors (Lipinski definition) is 6. The predicted octanol–water partition coefficient (Wildman–Crippen LogP) is 1.58. The van der Waals surface area contributed by atoms with Gasteiger partial charge in [0, 0.05) is 43.4 Å². The standard InChI is InChI=1S/C15H20N6/c1-3-11-7-14(20-13(4-2)18-11)21-8-10(9-21)12-5-6-17-15(16)19-12/h5-7,10H,3-4,8-9H2,1-2H3,(H2,16,17,19). The van der Waals surface area contributed by atoms with Crippen LogP contribution in [0.1, 0.15) is 37.0 Å². The Balaban J connectivity index is 1.74. The van der Waals surface area contributed by atoms with Crippen LogP contribution in [0.25, 0.3) is 0 Å². The smallest absolute Gasteiger partial charge is 0.220 e. The maximum Gasteiger partial charge on any atom is 0.220 e. The second-order valence-corrected chi connectivity index (χ2v) is 5.28. The lowest BCUT2D eigenvalue weighted by Gasteiger charge is -2.40. The number of aromatic nitrogens is 4. The molecule has 0 amide bonds. The minimum Gasteiger partial charge on any atom is -0.368 e. The van der Waals surface area contributed by atoms with Gasteiger partial charge in [-0.05, 0) is 12.5 Å². The minimum absolute atomic E-state index is 0.342. The van der Waals surface area contributed by atoms with Gasteiger partial charge in [0.25, 0.3) is 0 Å². The number of nitrogens with zero attached hydrogens (tertiary/aromatic N) is 5. The molecule has 2 aromatic rings. The average Bonchev–Trinajstić information content (AvgIpc) is 2.45. The Morgan fingerprint density at radius 1 is 1.19 bits per heavy atom. The summed E-state index contributed by atoms with van der Waals surface area (Å²) in [4.78, 5) is 19.7. The van der Waals surface area contributed by atoms with Gasteiger partial charge in [-0.15, -0.1) is 0 Å². The summed E-state index contributed by atoms with van der Waals surface area (Å²) in [6, 6.07) is 4.02. The summed E-state index contributed by atoms with van der Waals surface area (Å²) in [5.74, 6) is 2.69. The van der Waals surface area contributed by atoms with Crippen molar-refractivity contribution >= 4 is 11.8 Å². The van der Waals surface area contributed by atoms with Crippen molar-refractivity contribution in [1.29, 1.82) is 0 Å². The first-order valence-electron chi connectivity index (χ1n) is 7.39. The maximum atomic E-state index is 5.64. The fourth-order valence-electron chi connectivity index (χ4n) is 2.51. The summed E-state index contributed by atoms with van der Waals surface area (Å²) in [6.45, 7) is 6.04. The van der Waals surface area contributed by atoms with Crippen LogP contribution in [0.5, 0.6) is 0 Å². The van der Waals surface area contributed by atoms with Crippen molar-refractivity contribution in [2.24, 2.45) is 0 Å². The van der Waals surface area contributed by atoms with Gasteiger partial charge < -0.3 is 10.6 Å². The second-order valence-electron chi connectivity index (χ2n) is 5.28. The Morgan fingerprint density at radius 3 is 2.67 bits per heavy atom. The van der Waals surface area contributed by atoms with Crippen LogP contribution in [0.3, 0.4) is 0 Å². The topological polar surface area (TPSA) is 80.8 Å². The molecule has 3 heterocycles. The van der Waals surface area contributed by atoms with E-state index in [0.717, 1.165) is 49.0 Å². The number of nitrogen functional groups attached to an aromatic ring is 1. The van der Waals surface area contributed by atoms with E-state index < -0.39 is 0 Å². The van der Waals surface area contributed by atoms with Crippen molar-refractivity contribution in [1.82, 2.24) is 19.9 Å². The summed E-state index contributed by atoms with van der Waals surface area (Å²) in [6.07, 6.45) is 3.51. The van der Waals surface area contributed by atoms with Gasteiger partial charge in [-0.2, -0.15) is 0 Å². The van der Waals surface area contributed by atoms with Crippen molar-refractivity contribution in [2.75, 3.05) is 23.7 Å². The van der Waals surface area contributed by atoms with E-state index in [-0.39, 0.29) is 0 Å². The van der Waals surface area contributed by atoms with Gasteiger partial charge in [0.1, 0.15) is 11.6 Å². The van der Waals surface area contributed by atoms with E-state index in [1.807, 2.05) is 6.07 Å². The zero-order chi connectivity index (χ0) is 14.8. The molecule has 3 rings (SSSR count). The van der Waals surface area contributed by atoms with E-state index in [9.17, 15) is 0 Å². The molecule has 0 aromatic carbocycles. The molecule has 0 unspecified atom stereocenters. The van der Waals surface area contributed by atoms with Crippen LogP contribution in [-0.2, 0) is 12.8 Å². The largest absolute Gasteiger partial charge is 0.368 e. The van der Waals surface area contributed by atoms with Crippen LogP contribution in [0.4, 0.5) is 11.8 Å². The van der Waals surface area contributed by atoms with Crippen molar-refractivity contribution < 1.29 is 0 Å². The first-order valence-corrected chi connectivity index (χ1v) is 7.39. The quantitative estimate of drug-likeness (QED) is 0.918. The van der Waals surface area contributed by atoms with Crippen molar-refractivity contribution in [3.63, 3.8) is 0 Å². The van der Waals surface area contributed by atoms with E-state index in [1.165, 1.54) is 0 Å². The molecule has 0 radical (unpaired) electrons. The molecule has 1 aliphatic heterocycles. The van der Waals surface area contributed by atoms with Crippen LogP contribution in [-0.4, -0.2) is 33.0 Å². The molecule has 0 atom stereocenters. The molecule has 6 heteroatoms. The van der Waals surface area contributed by atoms with Crippen LogP contribution in [0.2, 0.25) is 0 Å². The second kappa shape index (κ2) is 5.63. The van der Waals surface area contributed by atoms with Crippen LogP contribution in [0.15, 0.2) is 18.3 Å². The Morgan fingerprint density at radius 2 is 2.00 bits per heavy atom. The zero-order valence-electron chi connectivity index (χ0n) is 12.5. The Kier molecular flexibility index (Phi) is 3.68. The fourth-order valence-corrected chi connectivity index (χ4v) is 2.51. The highest BCUT2D eigenvalue weighted by Crippen LogP contribution is 2.30. The molecule has 21 heavy (non-hydrogen) atoms. The predicted molar refractivity (Wildman–Crippen MR) is 82.2 cm³/mol. The molecular weight excluding hydrogens is 264 g/mol. The Labute approximate surface area is 124 Å². The number of aryl methyl sites for hydroxylation is 2. The van der Waals surface area contributed by atoms with E-state index in [2.05, 4.69) is 44.7 Å². The van der Waals surface area contributed by atoms with Gasteiger partial charge in [0.2, 0.25) is 5.95 Å². The van der Waals surface area contributed by atoms with Gasteiger partial charge in [-0.1, -0.05) is 13.8 Å². The van der Waals surface area contributed by atoms with Crippen molar-refractivity contribution in [2.45, 2.75) is 32.6 Å². The van der Waals surface area contributed by atoms with Crippen LogP contribution >= 0.6 is 0 Å². The van der Waals surface area contributed by atoms with E-state index in [0.29, 0.717) is 11.9 Å². The van der Waals surface area contributed by atoms with E-state index in [4.69, 9.17) is 5.73 Å². The van der Waals surface area contributed by atoms with E-state index >= 15 is 0 Å². The average molecular weight is 284 g/mol. The Hall–Kier alpha value is -2.24.